The number of sulfonamides is 1. The summed E-state index contributed by atoms with van der Waals surface area (Å²) in [7, 11) is 1.32. The van der Waals surface area contributed by atoms with Crippen LogP contribution in [0.15, 0.2) is 41.3 Å². The minimum atomic E-state index is -3.76. The van der Waals surface area contributed by atoms with Crippen molar-refractivity contribution in [2.75, 3.05) is 60.8 Å². The van der Waals surface area contributed by atoms with E-state index in [-0.39, 0.29) is 24.3 Å². The number of methoxy groups -OCH3 is 2. The Kier molecular flexibility index (Phi) is 6.75. The Bertz CT molecular complexity index is 1050. The molecule has 0 spiro atoms. The first-order valence-corrected chi connectivity index (χ1v) is 11.9. The van der Waals surface area contributed by atoms with Gasteiger partial charge in [-0.05, 0) is 36.9 Å². The van der Waals surface area contributed by atoms with Gasteiger partial charge in [0.15, 0.2) is 23.0 Å². The predicted octanol–water partition coefficient (Wildman–Crippen LogP) is 1.70. The van der Waals surface area contributed by atoms with Crippen LogP contribution in [0.25, 0.3) is 0 Å². The number of piperazine rings is 1. The molecule has 2 aliphatic heterocycles. The van der Waals surface area contributed by atoms with E-state index in [0.717, 1.165) is 31.7 Å². The van der Waals surface area contributed by atoms with Crippen LogP contribution in [0.4, 0.5) is 0 Å². The molecule has 1 fully saturated rings. The molecule has 0 unspecified atom stereocenters. The first kappa shape index (κ1) is 22.7. The van der Waals surface area contributed by atoms with Crippen molar-refractivity contribution >= 4 is 10.0 Å². The Labute approximate surface area is 188 Å². The van der Waals surface area contributed by atoms with Crippen LogP contribution in [-0.4, -0.2) is 79.0 Å². The van der Waals surface area contributed by atoms with Crippen LogP contribution in [0.1, 0.15) is 11.6 Å². The quantitative estimate of drug-likeness (QED) is 0.633. The van der Waals surface area contributed by atoms with Crippen molar-refractivity contribution in [1.82, 2.24) is 14.5 Å². The molecule has 0 radical (unpaired) electrons. The highest BCUT2D eigenvalue weighted by atomic mass is 32.2. The third-order valence-electron chi connectivity index (χ3n) is 5.89. The number of rotatable bonds is 8. The van der Waals surface area contributed by atoms with Crippen molar-refractivity contribution in [2.45, 2.75) is 10.9 Å². The van der Waals surface area contributed by atoms with Crippen molar-refractivity contribution in [2.24, 2.45) is 0 Å². The fraction of sp³-hybridized carbons (Fsp3) is 0.455. The van der Waals surface area contributed by atoms with E-state index in [1.165, 1.54) is 26.4 Å². The normalized spacial score (nSPS) is 17.8. The van der Waals surface area contributed by atoms with Crippen LogP contribution in [0.5, 0.6) is 23.0 Å². The molecular formula is C22H29N3O6S. The van der Waals surface area contributed by atoms with Gasteiger partial charge in [0.25, 0.3) is 0 Å². The lowest BCUT2D eigenvalue weighted by Crippen LogP contribution is -2.48. The van der Waals surface area contributed by atoms with Crippen molar-refractivity contribution in [3.63, 3.8) is 0 Å². The number of nitrogens with zero attached hydrogens (tertiary/aromatic N) is 2. The molecule has 174 valence electrons. The largest absolute Gasteiger partial charge is 0.493 e. The monoisotopic (exact) mass is 463 g/mol. The zero-order valence-corrected chi connectivity index (χ0v) is 19.4. The van der Waals surface area contributed by atoms with E-state index in [1.54, 1.807) is 6.07 Å². The fourth-order valence-electron chi connectivity index (χ4n) is 3.97. The summed E-state index contributed by atoms with van der Waals surface area (Å²) in [6, 6.07) is 10.2. The minimum absolute atomic E-state index is 0.123. The van der Waals surface area contributed by atoms with Crippen LogP contribution >= 0.6 is 0 Å². The summed E-state index contributed by atoms with van der Waals surface area (Å²) in [5.74, 6) is 2.23. The van der Waals surface area contributed by atoms with Crippen LogP contribution < -0.4 is 23.7 Å². The van der Waals surface area contributed by atoms with Crippen LogP contribution in [0, 0.1) is 0 Å². The second kappa shape index (κ2) is 9.53. The van der Waals surface area contributed by atoms with Gasteiger partial charge >= 0.3 is 0 Å². The van der Waals surface area contributed by atoms with E-state index in [4.69, 9.17) is 18.9 Å². The molecule has 1 saturated heterocycles. The summed E-state index contributed by atoms with van der Waals surface area (Å²) in [4.78, 5) is 4.69. The topological polar surface area (TPSA) is 89.6 Å². The number of fused-ring (bicyclic) bond motifs is 1. The molecule has 0 saturated carbocycles. The highest BCUT2D eigenvalue weighted by molar-refractivity contribution is 7.89. The van der Waals surface area contributed by atoms with Gasteiger partial charge in [-0.3, -0.25) is 4.90 Å². The lowest BCUT2D eigenvalue weighted by atomic mass is 10.0. The van der Waals surface area contributed by atoms with Crippen molar-refractivity contribution < 1.29 is 27.4 Å². The van der Waals surface area contributed by atoms with Crippen LogP contribution in [0.2, 0.25) is 0 Å². The Morgan fingerprint density at radius 1 is 0.969 bits per heavy atom. The second-order valence-corrected chi connectivity index (χ2v) is 9.60. The Morgan fingerprint density at radius 3 is 2.41 bits per heavy atom. The van der Waals surface area contributed by atoms with E-state index < -0.39 is 10.0 Å². The molecule has 2 aromatic carbocycles. The first-order chi connectivity index (χ1) is 15.4. The molecule has 0 aliphatic carbocycles. The Morgan fingerprint density at radius 2 is 1.69 bits per heavy atom. The van der Waals surface area contributed by atoms with E-state index in [1.807, 2.05) is 18.2 Å². The maximum absolute atomic E-state index is 13.1. The molecule has 0 aromatic heterocycles. The van der Waals surface area contributed by atoms with Gasteiger partial charge in [0.1, 0.15) is 0 Å². The van der Waals surface area contributed by atoms with Gasteiger partial charge in [-0.1, -0.05) is 6.07 Å². The molecule has 2 aromatic rings. The van der Waals surface area contributed by atoms with Gasteiger partial charge in [0, 0.05) is 44.8 Å². The standard InChI is InChI=1S/C22H29N3O6S/c1-24-8-10-25(11-9-24)18(16-4-6-20-22(12-16)31-15-30-20)14-23-32(26,27)17-5-7-19(28-2)21(13-17)29-3/h4-7,12-13,18,23H,8-11,14-15H2,1-3H3/t18-/m1/s1. The molecule has 9 nitrogen and oxygen atoms in total. The second-order valence-electron chi connectivity index (χ2n) is 7.84. The highest BCUT2D eigenvalue weighted by Gasteiger charge is 2.28. The molecule has 4 rings (SSSR count). The SMILES string of the molecule is COc1ccc(S(=O)(=O)NC[C@H](c2ccc3c(c2)OCO3)N2CCN(C)CC2)cc1OC. The first-order valence-electron chi connectivity index (χ1n) is 10.4. The third kappa shape index (κ3) is 4.78. The summed E-state index contributed by atoms with van der Waals surface area (Å²) in [6.07, 6.45) is 0. The van der Waals surface area contributed by atoms with Crippen molar-refractivity contribution in [3.05, 3.63) is 42.0 Å². The summed E-state index contributed by atoms with van der Waals surface area (Å²) in [5, 5.41) is 0. The van der Waals surface area contributed by atoms with Gasteiger partial charge in [0.05, 0.1) is 19.1 Å². The van der Waals surface area contributed by atoms with Gasteiger partial charge in [-0.15, -0.1) is 0 Å². The summed E-state index contributed by atoms with van der Waals surface area (Å²) in [5.41, 5.74) is 0.980. The molecule has 2 heterocycles. The molecule has 1 N–H and O–H groups in total. The number of hydrogen-bond donors (Lipinski definition) is 1. The zero-order chi connectivity index (χ0) is 22.7. The molecular weight excluding hydrogens is 434 g/mol. The fourth-order valence-corrected chi connectivity index (χ4v) is 5.02. The van der Waals surface area contributed by atoms with E-state index in [2.05, 4.69) is 21.6 Å². The minimum Gasteiger partial charge on any atom is -0.493 e. The number of nitrogens with one attached hydrogen (secondary N) is 1. The average Bonchev–Trinajstić information content (AvgIpc) is 3.28. The average molecular weight is 464 g/mol. The number of ether oxygens (including phenoxy) is 4. The van der Waals surface area contributed by atoms with E-state index in [0.29, 0.717) is 23.0 Å². The van der Waals surface area contributed by atoms with Crippen LogP contribution in [0.3, 0.4) is 0 Å². The molecule has 1 atom stereocenters. The molecule has 2 aliphatic rings. The molecule has 0 bridgehead atoms. The highest BCUT2D eigenvalue weighted by Crippen LogP contribution is 2.36. The summed E-state index contributed by atoms with van der Waals surface area (Å²) in [6.45, 7) is 3.94. The van der Waals surface area contributed by atoms with E-state index in [9.17, 15) is 8.42 Å². The maximum Gasteiger partial charge on any atom is 0.240 e. The maximum atomic E-state index is 13.1. The van der Waals surface area contributed by atoms with E-state index >= 15 is 0 Å². The smallest absolute Gasteiger partial charge is 0.240 e. The zero-order valence-electron chi connectivity index (χ0n) is 18.5. The summed E-state index contributed by atoms with van der Waals surface area (Å²) < 4.78 is 50.4. The number of likely N-dealkylation sites (N-methyl/N-ethyl adjacent to an activating group) is 1. The molecule has 32 heavy (non-hydrogen) atoms. The van der Waals surface area contributed by atoms with Crippen molar-refractivity contribution in [1.29, 1.82) is 0 Å². The summed E-state index contributed by atoms with van der Waals surface area (Å²) >= 11 is 0. The number of hydrogen-bond acceptors (Lipinski definition) is 8. The molecule has 0 amide bonds. The van der Waals surface area contributed by atoms with Gasteiger partial charge < -0.3 is 23.8 Å². The third-order valence-corrected chi connectivity index (χ3v) is 7.31. The van der Waals surface area contributed by atoms with Gasteiger partial charge in [-0.2, -0.15) is 0 Å². The number of benzene rings is 2. The van der Waals surface area contributed by atoms with Crippen molar-refractivity contribution in [3.8, 4) is 23.0 Å². The lowest BCUT2D eigenvalue weighted by Gasteiger charge is -2.38. The lowest BCUT2D eigenvalue weighted by molar-refractivity contribution is 0.112. The van der Waals surface area contributed by atoms with Crippen LogP contribution in [-0.2, 0) is 10.0 Å². The van der Waals surface area contributed by atoms with Gasteiger partial charge in [-0.25, -0.2) is 13.1 Å². The molecule has 10 heteroatoms. The van der Waals surface area contributed by atoms with Gasteiger partial charge in [0.2, 0.25) is 16.8 Å². The predicted molar refractivity (Wildman–Crippen MR) is 119 cm³/mol. The Balaban J connectivity index is 1.57. The Hall–Kier alpha value is -2.53.